The van der Waals surface area contributed by atoms with E-state index in [2.05, 4.69) is 12.2 Å². The highest BCUT2D eigenvalue weighted by Crippen LogP contribution is 2.48. The molecule has 80 valence electrons. The van der Waals surface area contributed by atoms with E-state index >= 15 is 0 Å². The van der Waals surface area contributed by atoms with Gasteiger partial charge in [-0.2, -0.15) is 0 Å². The Balaban J connectivity index is 1.69. The van der Waals surface area contributed by atoms with Crippen LogP contribution in [0.25, 0.3) is 0 Å². The van der Waals surface area contributed by atoms with Gasteiger partial charge in [0.15, 0.2) is 0 Å². The molecule has 2 nitrogen and oxygen atoms in total. The molecule has 14 heavy (non-hydrogen) atoms. The van der Waals surface area contributed by atoms with Crippen molar-refractivity contribution in [3.8, 4) is 0 Å². The normalized spacial score (nSPS) is 32.4. The lowest BCUT2D eigenvalue weighted by molar-refractivity contribution is -0.122. The molecule has 3 heteroatoms. The van der Waals surface area contributed by atoms with Gasteiger partial charge in [-0.3, -0.25) is 4.79 Å². The first-order valence-corrected chi connectivity index (χ1v) is 6.04. The number of rotatable bonds is 5. The van der Waals surface area contributed by atoms with E-state index in [0.717, 1.165) is 25.3 Å². The Morgan fingerprint density at radius 3 is 2.64 bits per heavy atom. The van der Waals surface area contributed by atoms with Gasteiger partial charge in [-0.05, 0) is 37.0 Å². The number of hydrogen-bond donors (Lipinski definition) is 1. The van der Waals surface area contributed by atoms with Crippen molar-refractivity contribution in [3.05, 3.63) is 0 Å². The van der Waals surface area contributed by atoms with Crippen molar-refractivity contribution in [1.82, 2.24) is 5.32 Å². The van der Waals surface area contributed by atoms with Crippen LogP contribution in [0.5, 0.6) is 0 Å². The summed E-state index contributed by atoms with van der Waals surface area (Å²) < 4.78 is 0. The number of nitrogens with one attached hydrogen (secondary N) is 1. The van der Waals surface area contributed by atoms with Crippen molar-refractivity contribution >= 4 is 17.5 Å². The fourth-order valence-corrected chi connectivity index (χ4v) is 2.39. The second kappa shape index (κ2) is 3.73. The van der Waals surface area contributed by atoms with Crippen LogP contribution >= 0.6 is 11.6 Å². The monoisotopic (exact) mass is 215 g/mol. The second-order valence-corrected chi connectivity index (χ2v) is 5.35. The van der Waals surface area contributed by atoms with Crippen molar-refractivity contribution in [3.63, 3.8) is 0 Å². The van der Waals surface area contributed by atoms with Gasteiger partial charge in [0.05, 0.1) is 0 Å². The largest absolute Gasteiger partial charge is 0.355 e. The molecule has 0 aliphatic heterocycles. The van der Waals surface area contributed by atoms with Crippen molar-refractivity contribution in [2.75, 3.05) is 12.4 Å². The van der Waals surface area contributed by atoms with Crippen molar-refractivity contribution < 1.29 is 4.79 Å². The fraction of sp³-hybridized carbons (Fsp3) is 0.909. The molecule has 0 aromatic carbocycles. The highest BCUT2D eigenvalue weighted by atomic mass is 35.5. The number of carbonyl (C=O) groups excluding carboxylic acids is 1. The summed E-state index contributed by atoms with van der Waals surface area (Å²) in [5.74, 6) is 1.90. The Morgan fingerprint density at radius 2 is 2.21 bits per heavy atom. The fourth-order valence-electron chi connectivity index (χ4n) is 1.99. The summed E-state index contributed by atoms with van der Waals surface area (Å²) in [6.45, 7) is 2.98. The average molecular weight is 216 g/mol. The van der Waals surface area contributed by atoms with Crippen LogP contribution in [0, 0.1) is 17.3 Å². The molecule has 2 atom stereocenters. The number of amides is 1. The number of carbonyl (C=O) groups is 1. The predicted octanol–water partition coefficient (Wildman–Crippen LogP) is 2.17. The lowest BCUT2D eigenvalue weighted by atomic mass is 10.0. The maximum atomic E-state index is 11.6. The molecule has 0 spiro atoms. The van der Waals surface area contributed by atoms with Gasteiger partial charge >= 0.3 is 0 Å². The van der Waals surface area contributed by atoms with Gasteiger partial charge in [-0.1, -0.05) is 6.92 Å². The van der Waals surface area contributed by atoms with Gasteiger partial charge in [0.2, 0.25) is 5.91 Å². The molecule has 2 rings (SSSR count). The Labute approximate surface area is 90.4 Å². The van der Waals surface area contributed by atoms with Crippen molar-refractivity contribution in [1.29, 1.82) is 0 Å². The van der Waals surface area contributed by atoms with E-state index in [1.165, 1.54) is 12.8 Å². The minimum atomic E-state index is 0.262. The van der Waals surface area contributed by atoms with Crippen LogP contribution in [0.1, 0.15) is 32.6 Å². The molecule has 2 aliphatic rings. The first-order chi connectivity index (χ1) is 6.67. The molecule has 0 aromatic heterocycles. The van der Waals surface area contributed by atoms with E-state index in [-0.39, 0.29) is 5.91 Å². The van der Waals surface area contributed by atoms with Gasteiger partial charge in [0.25, 0.3) is 0 Å². The molecule has 2 unspecified atom stereocenters. The second-order valence-electron chi connectivity index (χ2n) is 4.98. The minimum Gasteiger partial charge on any atom is -0.355 e. The summed E-state index contributed by atoms with van der Waals surface area (Å²) in [4.78, 5) is 11.6. The van der Waals surface area contributed by atoms with E-state index < -0.39 is 0 Å². The molecular weight excluding hydrogens is 198 g/mol. The summed E-state index contributed by atoms with van der Waals surface area (Å²) in [5.41, 5.74) is 0.371. The molecule has 0 heterocycles. The maximum Gasteiger partial charge on any atom is 0.223 e. The number of alkyl halides is 1. The molecule has 1 N–H and O–H groups in total. The molecule has 2 aliphatic carbocycles. The van der Waals surface area contributed by atoms with E-state index in [1.54, 1.807) is 0 Å². The van der Waals surface area contributed by atoms with E-state index in [0.29, 0.717) is 17.3 Å². The van der Waals surface area contributed by atoms with E-state index in [9.17, 15) is 4.79 Å². The standard InChI is InChI=1S/C11H18ClNO/c1-8-6-9(8)10(14)13-7-11(2-3-11)4-5-12/h8-9H,2-7H2,1H3,(H,13,14). The van der Waals surface area contributed by atoms with Crippen molar-refractivity contribution in [2.24, 2.45) is 17.3 Å². The third-order valence-corrected chi connectivity index (χ3v) is 3.85. The van der Waals surface area contributed by atoms with Crippen LogP contribution in [0.3, 0.4) is 0 Å². The smallest absolute Gasteiger partial charge is 0.223 e. The maximum absolute atomic E-state index is 11.6. The first kappa shape index (κ1) is 10.3. The highest BCUT2D eigenvalue weighted by Gasteiger charge is 2.44. The van der Waals surface area contributed by atoms with E-state index in [4.69, 9.17) is 11.6 Å². The van der Waals surface area contributed by atoms with Crippen LogP contribution < -0.4 is 5.32 Å². The van der Waals surface area contributed by atoms with Gasteiger partial charge < -0.3 is 5.32 Å². The van der Waals surface area contributed by atoms with Gasteiger partial charge in [0.1, 0.15) is 0 Å². The van der Waals surface area contributed by atoms with Crippen LogP contribution in [0.2, 0.25) is 0 Å². The Kier molecular flexibility index (Phi) is 2.74. The Morgan fingerprint density at radius 1 is 1.57 bits per heavy atom. The van der Waals surface area contributed by atoms with Crippen LogP contribution in [-0.4, -0.2) is 18.3 Å². The summed E-state index contributed by atoms with van der Waals surface area (Å²) >= 11 is 5.73. The molecule has 0 radical (unpaired) electrons. The minimum absolute atomic E-state index is 0.262. The quantitative estimate of drug-likeness (QED) is 0.700. The lowest BCUT2D eigenvalue weighted by Crippen LogP contribution is -2.31. The molecule has 2 saturated carbocycles. The number of halogens is 1. The third-order valence-electron chi connectivity index (χ3n) is 3.67. The molecule has 0 saturated heterocycles. The zero-order valence-corrected chi connectivity index (χ0v) is 9.44. The topological polar surface area (TPSA) is 29.1 Å². The highest BCUT2D eigenvalue weighted by molar-refractivity contribution is 6.17. The molecule has 2 fully saturated rings. The Bertz CT molecular complexity index is 237. The average Bonchev–Trinajstić information content (AvgIpc) is 3.02. The van der Waals surface area contributed by atoms with Gasteiger partial charge in [-0.25, -0.2) is 0 Å². The number of hydrogen-bond acceptors (Lipinski definition) is 1. The molecule has 1 amide bonds. The molecule has 0 aromatic rings. The van der Waals surface area contributed by atoms with Crippen LogP contribution in [0.4, 0.5) is 0 Å². The predicted molar refractivity (Wildman–Crippen MR) is 57.3 cm³/mol. The van der Waals surface area contributed by atoms with Gasteiger partial charge in [-0.15, -0.1) is 11.6 Å². The first-order valence-electron chi connectivity index (χ1n) is 5.51. The lowest BCUT2D eigenvalue weighted by Gasteiger charge is -2.14. The van der Waals surface area contributed by atoms with Gasteiger partial charge in [0, 0.05) is 18.3 Å². The van der Waals surface area contributed by atoms with E-state index in [1.807, 2.05) is 0 Å². The summed E-state index contributed by atoms with van der Waals surface area (Å²) in [7, 11) is 0. The summed E-state index contributed by atoms with van der Waals surface area (Å²) in [6, 6.07) is 0. The Hall–Kier alpha value is -0.240. The SMILES string of the molecule is CC1CC1C(=O)NCC1(CCCl)CC1. The zero-order chi connectivity index (χ0) is 10.2. The summed E-state index contributed by atoms with van der Waals surface area (Å²) in [5, 5.41) is 3.07. The molecule has 0 bridgehead atoms. The zero-order valence-electron chi connectivity index (χ0n) is 8.68. The summed E-state index contributed by atoms with van der Waals surface area (Å²) in [6.07, 6.45) is 4.60. The van der Waals surface area contributed by atoms with Crippen molar-refractivity contribution in [2.45, 2.75) is 32.6 Å². The van der Waals surface area contributed by atoms with Crippen LogP contribution in [0.15, 0.2) is 0 Å². The third kappa shape index (κ3) is 2.22. The van der Waals surface area contributed by atoms with Crippen LogP contribution in [-0.2, 0) is 4.79 Å². The molecular formula is C11H18ClNO.